The van der Waals surface area contributed by atoms with E-state index in [0.717, 1.165) is 22.9 Å². The quantitative estimate of drug-likeness (QED) is 0.587. The maximum absolute atomic E-state index is 12.7. The van der Waals surface area contributed by atoms with Crippen molar-refractivity contribution in [3.63, 3.8) is 0 Å². The second-order valence-electron chi connectivity index (χ2n) is 8.12. The molecule has 1 amide bonds. The number of ether oxygens (including phenoxy) is 1. The fraction of sp³-hybridized carbons (Fsp3) is 0.333. The molecule has 1 fully saturated rings. The van der Waals surface area contributed by atoms with Crippen molar-refractivity contribution in [2.24, 2.45) is 0 Å². The van der Waals surface area contributed by atoms with Gasteiger partial charge in [0.05, 0.1) is 28.6 Å². The van der Waals surface area contributed by atoms with Gasteiger partial charge >= 0.3 is 0 Å². The van der Waals surface area contributed by atoms with Crippen LogP contribution in [0.3, 0.4) is 0 Å². The van der Waals surface area contributed by atoms with E-state index >= 15 is 0 Å². The monoisotopic (exact) mass is 438 g/mol. The molecule has 7 heteroatoms. The number of carbonyl (C=O) groups is 1. The molecule has 4 rings (SSSR count). The molecule has 0 N–H and O–H groups in total. The van der Waals surface area contributed by atoms with E-state index in [1.807, 2.05) is 36.4 Å². The van der Waals surface area contributed by atoms with Gasteiger partial charge in [0.15, 0.2) is 9.84 Å². The number of carbonyl (C=O) groups excluding carboxylic acids is 1. The fourth-order valence-electron chi connectivity index (χ4n) is 3.69. The SMILES string of the molecule is CC(C)S(=O)(=O)c1ccc(CC(=O)N2CC[C@H](Oc3ccc4ccccc4n3)C2)cc1. The maximum atomic E-state index is 12.7. The summed E-state index contributed by atoms with van der Waals surface area (Å²) in [5, 5.41) is 0.587. The van der Waals surface area contributed by atoms with E-state index in [2.05, 4.69) is 4.98 Å². The summed E-state index contributed by atoms with van der Waals surface area (Å²) in [5.74, 6) is 0.581. The minimum absolute atomic E-state index is 0.0111. The largest absolute Gasteiger partial charge is 0.472 e. The number of rotatable bonds is 6. The lowest BCUT2D eigenvalue weighted by molar-refractivity contribution is -0.129. The highest BCUT2D eigenvalue weighted by molar-refractivity contribution is 7.92. The molecule has 0 unspecified atom stereocenters. The van der Waals surface area contributed by atoms with E-state index in [0.29, 0.717) is 19.0 Å². The second-order valence-corrected chi connectivity index (χ2v) is 10.6. The van der Waals surface area contributed by atoms with Crippen LogP contribution in [0.1, 0.15) is 25.8 Å². The van der Waals surface area contributed by atoms with E-state index in [-0.39, 0.29) is 23.3 Å². The first kappa shape index (κ1) is 21.3. The minimum Gasteiger partial charge on any atom is -0.472 e. The van der Waals surface area contributed by atoms with Crippen molar-refractivity contribution < 1.29 is 17.9 Å². The van der Waals surface area contributed by atoms with Crippen molar-refractivity contribution in [2.45, 2.75) is 42.9 Å². The van der Waals surface area contributed by atoms with Crippen LogP contribution in [-0.2, 0) is 21.1 Å². The molecule has 6 nitrogen and oxygen atoms in total. The normalized spacial score (nSPS) is 16.7. The van der Waals surface area contributed by atoms with Gasteiger partial charge in [-0.2, -0.15) is 0 Å². The molecule has 2 aromatic carbocycles. The van der Waals surface area contributed by atoms with Crippen LogP contribution in [0.2, 0.25) is 0 Å². The summed E-state index contributed by atoms with van der Waals surface area (Å²) in [4.78, 5) is 19.3. The average molecular weight is 439 g/mol. The van der Waals surface area contributed by atoms with Gasteiger partial charge in [-0.3, -0.25) is 4.79 Å². The first-order chi connectivity index (χ1) is 14.8. The van der Waals surface area contributed by atoms with Crippen LogP contribution in [-0.4, -0.2) is 48.7 Å². The summed E-state index contributed by atoms with van der Waals surface area (Å²) in [6.07, 6.45) is 0.908. The summed E-state index contributed by atoms with van der Waals surface area (Å²) in [7, 11) is -3.31. The Morgan fingerprint density at radius 3 is 2.58 bits per heavy atom. The van der Waals surface area contributed by atoms with Crippen LogP contribution in [0.25, 0.3) is 10.9 Å². The molecule has 2 heterocycles. The molecule has 0 aliphatic carbocycles. The van der Waals surface area contributed by atoms with Crippen molar-refractivity contribution >= 4 is 26.6 Å². The van der Waals surface area contributed by atoms with Crippen molar-refractivity contribution in [3.8, 4) is 5.88 Å². The highest BCUT2D eigenvalue weighted by Gasteiger charge is 2.28. The predicted octanol–water partition coefficient (Wildman–Crippen LogP) is 3.64. The zero-order valence-corrected chi connectivity index (χ0v) is 18.5. The Morgan fingerprint density at radius 1 is 1.10 bits per heavy atom. The number of likely N-dealkylation sites (tertiary alicyclic amines) is 1. The van der Waals surface area contributed by atoms with Crippen molar-refractivity contribution in [3.05, 3.63) is 66.2 Å². The summed E-state index contributed by atoms with van der Waals surface area (Å²) < 4.78 is 30.5. The number of fused-ring (bicyclic) bond motifs is 1. The molecule has 1 aliphatic rings. The third-order valence-electron chi connectivity index (χ3n) is 5.59. The number of nitrogens with zero attached hydrogens (tertiary/aromatic N) is 2. The van der Waals surface area contributed by atoms with Gasteiger partial charge in [0.2, 0.25) is 11.8 Å². The molecule has 31 heavy (non-hydrogen) atoms. The van der Waals surface area contributed by atoms with Crippen LogP contribution in [0.4, 0.5) is 0 Å². The topological polar surface area (TPSA) is 76.6 Å². The summed E-state index contributed by atoms with van der Waals surface area (Å²) in [6, 6.07) is 18.3. The summed E-state index contributed by atoms with van der Waals surface area (Å²) >= 11 is 0. The lowest BCUT2D eigenvalue weighted by Crippen LogP contribution is -2.32. The van der Waals surface area contributed by atoms with Gasteiger partial charge in [0.1, 0.15) is 6.10 Å². The Bertz CT molecular complexity index is 1190. The Kier molecular flexibility index (Phi) is 5.96. The minimum atomic E-state index is -3.31. The molecular weight excluding hydrogens is 412 g/mol. The van der Waals surface area contributed by atoms with Crippen LogP contribution in [0, 0.1) is 0 Å². The van der Waals surface area contributed by atoms with Gasteiger partial charge in [0.25, 0.3) is 0 Å². The van der Waals surface area contributed by atoms with Crippen molar-refractivity contribution in [2.75, 3.05) is 13.1 Å². The van der Waals surface area contributed by atoms with Crippen LogP contribution < -0.4 is 4.74 Å². The fourth-order valence-corrected chi connectivity index (χ4v) is 4.75. The Morgan fingerprint density at radius 2 is 1.84 bits per heavy atom. The van der Waals surface area contributed by atoms with Gasteiger partial charge in [-0.1, -0.05) is 30.3 Å². The number of aromatic nitrogens is 1. The van der Waals surface area contributed by atoms with Gasteiger partial charge in [-0.25, -0.2) is 13.4 Å². The van der Waals surface area contributed by atoms with Crippen LogP contribution in [0.5, 0.6) is 5.88 Å². The number of hydrogen-bond donors (Lipinski definition) is 0. The van der Waals surface area contributed by atoms with Crippen molar-refractivity contribution in [1.82, 2.24) is 9.88 Å². The van der Waals surface area contributed by atoms with Gasteiger partial charge < -0.3 is 9.64 Å². The number of pyridine rings is 1. The Balaban J connectivity index is 1.35. The van der Waals surface area contributed by atoms with E-state index in [1.54, 1.807) is 43.0 Å². The van der Waals surface area contributed by atoms with E-state index in [9.17, 15) is 13.2 Å². The highest BCUT2D eigenvalue weighted by atomic mass is 32.2. The molecule has 0 bridgehead atoms. The molecule has 1 aromatic heterocycles. The molecular formula is C24H26N2O4S. The number of benzene rings is 2. The summed E-state index contributed by atoms with van der Waals surface area (Å²) in [6.45, 7) is 4.47. The molecule has 1 atom stereocenters. The zero-order chi connectivity index (χ0) is 22.0. The average Bonchev–Trinajstić information content (AvgIpc) is 3.22. The number of para-hydroxylation sites is 1. The first-order valence-corrected chi connectivity index (χ1v) is 12.0. The molecule has 0 saturated carbocycles. The first-order valence-electron chi connectivity index (χ1n) is 10.5. The maximum Gasteiger partial charge on any atom is 0.227 e. The smallest absolute Gasteiger partial charge is 0.227 e. The second kappa shape index (κ2) is 8.67. The van der Waals surface area contributed by atoms with Gasteiger partial charge in [0, 0.05) is 24.4 Å². The third kappa shape index (κ3) is 4.71. The van der Waals surface area contributed by atoms with Gasteiger partial charge in [-0.15, -0.1) is 0 Å². The number of hydrogen-bond acceptors (Lipinski definition) is 5. The zero-order valence-electron chi connectivity index (χ0n) is 17.7. The predicted molar refractivity (Wildman–Crippen MR) is 120 cm³/mol. The third-order valence-corrected chi connectivity index (χ3v) is 7.76. The van der Waals surface area contributed by atoms with Crippen LogP contribution >= 0.6 is 0 Å². The molecule has 0 radical (unpaired) electrons. The molecule has 1 aliphatic heterocycles. The number of amides is 1. The number of sulfone groups is 1. The summed E-state index contributed by atoms with van der Waals surface area (Å²) in [5.41, 5.74) is 1.68. The molecule has 162 valence electrons. The van der Waals surface area contributed by atoms with Gasteiger partial charge in [-0.05, 0) is 43.7 Å². The lowest BCUT2D eigenvalue weighted by atomic mass is 10.1. The highest BCUT2D eigenvalue weighted by Crippen LogP contribution is 2.21. The van der Waals surface area contributed by atoms with E-state index in [1.165, 1.54) is 0 Å². The molecule has 1 saturated heterocycles. The van der Waals surface area contributed by atoms with E-state index in [4.69, 9.17) is 4.74 Å². The van der Waals surface area contributed by atoms with E-state index < -0.39 is 15.1 Å². The van der Waals surface area contributed by atoms with Crippen molar-refractivity contribution in [1.29, 1.82) is 0 Å². The molecule has 3 aromatic rings. The Labute approximate surface area is 182 Å². The standard InChI is InChI=1S/C24H26N2O4S/c1-17(2)31(28,29)21-10-7-18(8-11-21)15-24(27)26-14-13-20(16-26)30-23-12-9-19-5-3-4-6-22(19)25-23/h3-12,17,20H,13-16H2,1-2H3/t20-/m0/s1. The molecule has 0 spiro atoms. The Hall–Kier alpha value is -2.93. The van der Waals surface area contributed by atoms with Crippen LogP contribution in [0.15, 0.2) is 65.6 Å². The lowest BCUT2D eigenvalue weighted by Gasteiger charge is -2.17.